The van der Waals surface area contributed by atoms with Crippen LogP contribution in [0, 0.1) is 5.92 Å². The summed E-state index contributed by atoms with van der Waals surface area (Å²) in [5, 5.41) is 0. The van der Waals surface area contributed by atoms with Gasteiger partial charge in [-0.05, 0) is 43.4 Å². The number of nitrogens with zero attached hydrogens (tertiary/aromatic N) is 2. The Morgan fingerprint density at radius 3 is 2.62 bits per heavy atom. The first kappa shape index (κ1) is 17.9. The van der Waals surface area contributed by atoms with E-state index in [0.717, 1.165) is 18.4 Å². The Kier molecular flexibility index (Phi) is 7.12. The van der Waals surface area contributed by atoms with Crippen molar-refractivity contribution in [2.75, 3.05) is 7.05 Å². The highest BCUT2D eigenvalue weighted by molar-refractivity contribution is 5.85. The van der Waals surface area contributed by atoms with Gasteiger partial charge < -0.3 is 10.6 Å². The van der Waals surface area contributed by atoms with Gasteiger partial charge in [-0.15, -0.1) is 12.4 Å². The molecule has 1 aromatic rings. The van der Waals surface area contributed by atoms with Crippen molar-refractivity contribution in [3.63, 3.8) is 0 Å². The van der Waals surface area contributed by atoms with Crippen molar-refractivity contribution in [2.45, 2.75) is 51.1 Å². The van der Waals surface area contributed by atoms with Crippen LogP contribution < -0.4 is 5.73 Å². The Labute approximate surface area is 133 Å². The number of carbonyl (C=O) groups excluding carboxylic acids is 1. The average molecular weight is 312 g/mol. The highest BCUT2D eigenvalue weighted by Gasteiger charge is 2.26. The van der Waals surface area contributed by atoms with Gasteiger partial charge >= 0.3 is 0 Å². The molecule has 1 aromatic heterocycles. The zero-order valence-corrected chi connectivity index (χ0v) is 13.7. The lowest BCUT2D eigenvalue weighted by molar-refractivity contribution is -0.133. The number of amides is 1. The largest absolute Gasteiger partial charge is 0.339 e. The molecule has 0 aromatic carbocycles. The van der Waals surface area contributed by atoms with Gasteiger partial charge in [0.05, 0.1) is 6.04 Å². The van der Waals surface area contributed by atoms with E-state index in [0.29, 0.717) is 12.3 Å². The lowest BCUT2D eigenvalue weighted by Crippen LogP contribution is -2.38. The fourth-order valence-corrected chi connectivity index (χ4v) is 2.94. The van der Waals surface area contributed by atoms with Crippen LogP contribution in [0.2, 0.25) is 0 Å². The number of hydrogen-bond donors (Lipinski definition) is 1. The molecule has 1 aliphatic carbocycles. The van der Waals surface area contributed by atoms with Gasteiger partial charge in [0.1, 0.15) is 0 Å². The molecule has 0 radical (unpaired) electrons. The van der Waals surface area contributed by atoms with Crippen molar-refractivity contribution in [1.29, 1.82) is 0 Å². The first-order chi connectivity index (χ1) is 9.59. The van der Waals surface area contributed by atoms with E-state index < -0.39 is 0 Å². The second-order valence-corrected chi connectivity index (χ2v) is 5.87. The second kappa shape index (κ2) is 8.35. The van der Waals surface area contributed by atoms with Crippen molar-refractivity contribution in [3.8, 4) is 0 Å². The zero-order valence-electron chi connectivity index (χ0n) is 12.9. The predicted molar refractivity (Wildman–Crippen MR) is 87.2 cm³/mol. The van der Waals surface area contributed by atoms with Crippen LogP contribution in [0.1, 0.15) is 50.6 Å². The molecule has 1 amide bonds. The molecule has 0 aliphatic heterocycles. The Hall–Kier alpha value is -1.13. The minimum Gasteiger partial charge on any atom is -0.339 e. The third kappa shape index (κ3) is 4.68. The molecular formula is C16H26ClN3O. The van der Waals surface area contributed by atoms with E-state index in [2.05, 4.69) is 4.98 Å². The number of nitrogens with two attached hydrogens (primary N) is 1. The molecule has 5 heteroatoms. The Balaban J connectivity index is 0.00000220. The maximum Gasteiger partial charge on any atom is 0.223 e. The van der Waals surface area contributed by atoms with Crippen LogP contribution in [0.15, 0.2) is 24.5 Å². The standard InChI is InChI=1S/C16H25N3O.ClH/c1-12(13-7-9-18-10-8-13)19(2)16(20)11-14-5-3-4-6-15(14)17;/h7-10,12,14-15H,3-6,11,17H2,1-2H3;1H. The van der Waals surface area contributed by atoms with Crippen LogP contribution >= 0.6 is 12.4 Å². The normalized spacial score (nSPS) is 23.0. The molecule has 3 unspecified atom stereocenters. The van der Waals surface area contributed by atoms with Gasteiger partial charge in [-0.2, -0.15) is 0 Å². The van der Waals surface area contributed by atoms with Crippen LogP contribution in [0.4, 0.5) is 0 Å². The summed E-state index contributed by atoms with van der Waals surface area (Å²) in [6, 6.07) is 4.18. The molecule has 0 saturated heterocycles. The highest BCUT2D eigenvalue weighted by Crippen LogP contribution is 2.27. The monoisotopic (exact) mass is 311 g/mol. The molecule has 0 bridgehead atoms. The van der Waals surface area contributed by atoms with E-state index in [9.17, 15) is 4.79 Å². The summed E-state index contributed by atoms with van der Waals surface area (Å²) < 4.78 is 0. The molecule has 3 atom stereocenters. The topological polar surface area (TPSA) is 59.2 Å². The van der Waals surface area contributed by atoms with Crippen LogP contribution in [0.25, 0.3) is 0 Å². The molecule has 118 valence electrons. The van der Waals surface area contributed by atoms with Gasteiger partial charge in [-0.3, -0.25) is 9.78 Å². The van der Waals surface area contributed by atoms with Gasteiger partial charge in [-0.1, -0.05) is 12.8 Å². The van der Waals surface area contributed by atoms with Crippen molar-refractivity contribution in [1.82, 2.24) is 9.88 Å². The summed E-state index contributed by atoms with van der Waals surface area (Å²) in [6.07, 6.45) is 8.66. The van der Waals surface area contributed by atoms with Gasteiger partial charge in [0.2, 0.25) is 5.91 Å². The van der Waals surface area contributed by atoms with E-state index in [-0.39, 0.29) is 30.4 Å². The molecule has 0 spiro atoms. The maximum atomic E-state index is 12.4. The number of pyridine rings is 1. The Bertz CT molecular complexity index is 440. The van der Waals surface area contributed by atoms with Crippen LogP contribution in [-0.2, 0) is 4.79 Å². The number of halogens is 1. The zero-order chi connectivity index (χ0) is 14.5. The van der Waals surface area contributed by atoms with E-state index in [4.69, 9.17) is 5.73 Å². The molecule has 21 heavy (non-hydrogen) atoms. The molecule has 4 nitrogen and oxygen atoms in total. The van der Waals surface area contributed by atoms with Gasteiger partial charge in [0.25, 0.3) is 0 Å². The minimum atomic E-state index is 0. The van der Waals surface area contributed by atoms with Gasteiger partial charge in [0, 0.05) is 31.9 Å². The molecular weight excluding hydrogens is 286 g/mol. The van der Waals surface area contributed by atoms with Crippen LogP contribution in [0.5, 0.6) is 0 Å². The summed E-state index contributed by atoms with van der Waals surface area (Å²) in [5.74, 6) is 0.542. The maximum absolute atomic E-state index is 12.4. The lowest BCUT2D eigenvalue weighted by atomic mass is 9.82. The molecule has 1 heterocycles. The summed E-state index contributed by atoms with van der Waals surface area (Å²) in [6.45, 7) is 2.05. The van der Waals surface area contributed by atoms with E-state index in [1.165, 1.54) is 12.8 Å². The molecule has 2 rings (SSSR count). The van der Waals surface area contributed by atoms with Crippen LogP contribution in [0.3, 0.4) is 0 Å². The van der Waals surface area contributed by atoms with Crippen LogP contribution in [-0.4, -0.2) is 28.9 Å². The van der Waals surface area contributed by atoms with Crippen molar-refractivity contribution in [3.05, 3.63) is 30.1 Å². The minimum absolute atomic E-state index is 0. The van der Waals surface area contributed by atoms with Crippen molar-refractivity contribution < 1.29 is 4.79 Å². The smallest absolute Gasteiger partial charge is 0.223 e. The summed E-state index contributed by atoms with van der Waals surface area (Å²) in [5.41, 5.74) is 7.25. The first-order valence-electron chi connectivity index (χ1n) is 7.50. The SMILES string of the molecule is CC(c1ccncc1)N(C)C(=O)CC1CCCCC1N.Cl. The third-order valence-electron chi connectivity index (χ3n) is 4.57. The third-order valence-corrected chi connectivity index (χ3v) is 4.57. The Morgan fingerprint density at radius 1 is 1.38 bits per heavy atom. The quantitative estimate of drug-likeness (QED) is 0.930. The number of aromatic nitrogens is 1. The number of hydrogen-bond acceptors (Lipinski definition) is 3. The second-order valence-electron chi connectivity index (χ2n) is 5.87. The number of carbonyl (C=O) groups is 1. The summed E-state index contributed by atoms with van der Waals surface area (Å²) >= 11 is 0. The molecule has 2 N–H and O–H groups in total. The highest BCUT2D eigenvalue weighted by atomic mass is 35.5. The van der Waals surface area contributed by atoms with E-state index in [1.807, 2.05) is 31.0 Å². The van der Waals surface area contributed by atoms with E-state index in [1.54, 1.807) is 12.4 Å². The average Bonchev–Trinajstić information content (AvgIpc) is 2.49. The fraction of sp³-hybridized carbons (Fsp3) is 0.625. The van der Waals surface area contributed by atoms with Crippen molar-refractivity contribution >= 4 is 18.3 Å². The fourth-order valence-electron chi connectivity index (χ4n) is 2.94. The predicted octanol–water partition coefficient (Wildman–Crippen LogP) is 2.93. The van der Waals surface area contributed by atoms with Gasteiger partial charge in [0.15, 0.2) is 0 Å². The molecule has 1 saturated carbocycles. The summed E-state index contributed by atoms with van der Waals surface area (Å²) in [7, 11) is 1.88. The van der Waals surface area contributed by atoms with Gasteiger partial charge in [-0.25, -0.2) is 0 Å². The summed E-state index contributed by atoms with van der Waals surface area (Å²) in [4.78, 5) is 18.3. The Morgan fingerprint density at radius 2 is 2.00 bits per heavy atom. The first-order valence-corrected chi connectivity index (χ1v) is 7.50. The van der Waals surface area contributed by atoms with Crippen molar-refractivity contribution in [2.24, 2.45) is 11.7 Å². The van der Waals surface area contributed by atoms with E-state index >= 15 is 0 Å². The molecule has 1 aliphatic rings. The lowest BCUT2D eigenvalue weighted by Gasteiger charge is -2.31. The molecule has 1 fully saturated rings. The number of rotatable bonds is 4.